The van der Waals surface area contributed by atoms with Gasteiger partial charge < -0.3 is 9.80 Å². The molecule has 0 atom stereocenters. The van der Waals surface area contributed by atoms with E-state index in [0.717, 1.165) is 10.5 Å². The van der Waals surface area contributed by atoms with Crippen molar-refractivity contribution < 1.29 is 9.59 Å². The molecule has 2 amide bonds. The molecule has 0 fully saturated rings. The summed E-state index contributed by atoms with van der Waals surface area (Å²) in [6.07, 6.45) is 0. The van der Waals surface area contributed by atoms with Gasteiger partial charge in [0, 0.05) is 22.4 Å². The van der Waals surface area contributed by atoms with Crippen LogP contribution in [0.1, 0.15) is 29.9 Å². The Balaban J connectivity index is 1.70. The first-order valence-electron chi connectivity index (χ1n) is 10.8. The Hall–Kier alpha value is -2.57. The Kier molecular flexibility index (Phi) is 8.94. The van der Waals surface area contributed by atoms with E-state index in [1.807, 2.05) is 79.4 Å². The van der Waals surface area contributed by atoms with Crippen LogP contribution in [-0.2, 0) is 22.7 Å². The van der Waals surface area contributed by atoms with Crippen LogP contribution in [0.5, 0.6) is 0 Å². The Bertz CT molecular complexity index is 1000. The average Bonchev–Trinajstić information content (AvgIpc) is 3.20. The van der Waals surface area contributed by atoms with E-state index < -0.39 is 0 Å². The van der Waals surface area contributed by atoms with E-state index in [1.54, 1.807) is 16.2 Å². The Morgan fingerprint density at radius 3 is 2.16 bits per heavy atom. The van der Waals surface area contributed by atoms with E-state index in [2.05, 4.69) is 18.4 Å². The Morgan fingerprint density at radius 1 is 0.906 bits per heavy atom. The first-order chi connectivity index (χ1) is 15.4. The number of carbonyl (C=O) groups is 2. The number of thiophene rings is 1. The molecule has 0 aliphatic carbocycles. The quantitative estimate of drug-likeness (QED) is 0.364. The van der Waals surface area contributed by atoms with Crippen molar-refractivity contribution in [3.8, 4) is 0 Å². The summed E-state index contributed by atoms with van der Waals surface area (Å²) in [5.74, 6) is 0.264. The summed E-state index contributed by atoms with van der Waals surface area (Å²) in [6, 6.07) is 21.9. The molecular weight excluding hydrogens is 436 g/mol. The molecule has 0 saturated carbocycles. The molecule has 2 aromatic carbocycles. The highest BCUT2D eigenvalue weighted by atomic mass is 32.2. The van der Waals surface area contributed by atoms with Gasteiger partial charge in [-0.15, -0.1) is 23.1 Å². The van der Waals surface area contributed by atoms with Crippen molar-refractivity contribution in [2.45, 2.75) is 44.8 Å². The molecular formula is C26H30N2O2S2. The fraction of sp³-hybridized carbons (Fsp3) is 0.308. The molecule has 4 nitrogen and oxygen atoms in total. The summed E-state index contributed by atoms with van der Waals surface area (Å²) < 4.78 is 0. The van der Waals surface area contributed by atoms with Crippen LogP contribution < -0.4 is 0 Å². The minimum Gasteiger partial charge on any atom is -0.332 e. The largest absolute Gasteiger partial charge is 0.332 e. The molecule has 0 bridgehead atoms. The molecule has 6 heteroatoms. The monoisotopic (exact) mass is 466 g/mol. The van der Waals surface area contributed by atoms with Crippen LogP contribution in [0.4, 0.5) is 0 Å². The zero-order chi connectivity index (χ0) is 22.9. The number of benzene rings is 2. The van der Waals surface area contributed by atoms with Crippen molar-refractivity contribution in [3.05, 3.63) is 88.1 Å². The van der Waals surface area contributed by atoms with Crippen molar-refractivity contribution >= 4 is 34.9 Å². The summed E-state index contributed by atoms with van der Waals surface area (Å²) in [5.41, 5.74) is 2.27. The van der Waals surface area contributed by atoms with Crippen LogP contribution >= 0.6 is 23.1 Å². The minimum absolute atomic E-state index is 0.0193. The molecule has 3 rings (SSSR count). The molecule has 1 aromatic heterocycles. The van der Waals surface area contributed by atoms with Gasteiger partial charge >= 0.3 is 0 Å². The van der Waals surface area contributed by atoms with Crippen LogP contribution in [0.2, 0.25) is 0 Å². The lowest BCUT2D eigenvalue weighted by Crippen LogP contribution is -2.46. The lowest BCUT2D eigenvalue weighted by molar-refractivity contribution is -0.141. The molecule has 0 saturated heterocycles. The maximum absolute atomic E-state index is 13.4. The number of nitrogens with zero attached hydrogens (tertiary/aromatic N) is 2. The molecule has 0 aliphatic heterocycles. The van der Waals surface area contributed by atoms with Gasteiger partial charge in [0.05, 0.1) is 12.3 Å². The van der Waals surface area contributed by atoms with E-state index in [-0.39, 0.29) is 24.4 Å². The number of thioether (sulfide) groups is 1. The molecule has 0 N–H and O–H groups in total. The number of hydrogen-bond donors (Lipinski definition) is 0. The number of rotatable bonds is 10. The second kappa shape index (κ2) is 11.9. The van der Waals surface area contributed by atoms with Crippen molar-refractivity contribution in [3.63, 3.8) is 0 Å². The van der Waals surface area contributed by atoms with Crippen molar-refractivity contribution in [2.24, 2.45) is 0 Å². The maximum atomic E-state index is 13.4. The topological polar surface area (TPSA) is 40.6 Å². The number of hydrogen-bond acceptors (Lipinski definition) is 4. The standard InChI is InChI=1S/C26H30N2O2S2/c1-20(2)28(26(30)19-32-23-12-8-5-9-13-23)18-25(29)27(16-22-10-6-4-7-11-22)17-24-21(3)14-15-31-24/h4-15,20H,16-19H2,1-3H3. The highest BCUT2D eigenvalue weighted by Crippen LogP contribution is 2.21. The third-order valence-corrected chi connectivity index (χ3v) is 7.23. The van der Waals surface area contributed by atoms with Gasteiger partial charge in [-0.1, -0.05) is 48.5 Å². The average molecular weight is 467 g/mol. The minimum atomic E-state index is -0.0510. The molecule has 0 radical (unpaired) electrons. The van der Waals surface area contributed by atoms with Gasteiger partial charge in [0.25, 0.3) is 0 Å². The highest BCUT2D eigenvalue weighted by molar-refractivity contribution is 8.00. The van der Waals surface area contributed by atoms with Gasteiger partial charge in [-0.25, -0.2) is 0 Å². The lowest BCUT2D eigenvalue weighted by Gasteiger charge is -2.30. The maximum Gasteiger partial charge on any atom is 0.242 e. The van der Waals surface area contributed by atoms with E-state index in [1.165, 1.54) is 22.2 Å². The summed E-state index contributed by atoms with van der Waals surface area (Å²) in [7, 11) is 0. The second-order valence-corrected chi connectivity index (χ2v) is 10.0. The molecule has 168 valence electrons. The normalized spacial score (nSPS) is 10.9. The van der Waals surface area contributed by atoms with Crippen LogP contribution in [-0.4, -0.2) is 40.0 Å². The SMILES string of the molecule is Cc1ccsc1CN(Cc1ccccc1)C(=O)CN(C(=O)CSc1ccccc1)C(C)C. The van der Waals surface area contributed by atoms with Crippen LogP contribution in [0.3, 0.4) is 0 Å². The van der Waals surface area contributed by atoms with Gasteiger partial charge in [-0.3, -0.25) is 9.59 Å². The first-order valence-corrected chi connectivity index (χ1v) is 12.6. The van der Waals surface area contributed by atoms with Crippen molar-refractivity contribution in [1.82, 2.24) is 9.80 Å². The third-order valence-electron chi connectivity index (χ3n) is 5.23. The lowest BCUT2D eigenvalue weighted by atomic mass is 10.2. The molecule has 3 aromatic rings. The number of amides is 2. The fourth-order valence-electron chi connectivity index (χ4n) is 3.32. The smallest absolute Gasteiger partial charge is 0.242 e. The summed E-state index contributed by atoms with van der Waals surface area (Å²) >= 11 is 3.17. The number of aryl methyl sites for hydroxylation is 1. The molecule has 0 aliphatic rings. The van der Waals surface area contributed by atoms with Crippen molar-refractivity contribution in [2.75, 3.05) is 12.3 Å². The fourth-order valence-corrected chi connectivity index (χ4v) is 5.05. The molecule has 32 heavy (non-hydrogen) atoms. The van der Waals surface area contributed by atoms with Crippen LogP contribution in [0.15, 0.2) is 77.0 Å². The predicted octanol–water partition coefficient (Wildman–Crippen LogP) is 5.61. The first kappa shape index (κ1) is 24.1. The molecule has 0 unspecified atom stereocenters. The highest BCUT2D eigenvalue weighted by Gasteiger charge is 2.24. The van der Waals surface area contributed by atoms with Gasteiger partial charge in [0.1, 0.15) is 6.54 Å². The van der Waals surface area contributed by atoms with E-state index in [4.69, 9.17) is 0 Å². The van der Waals surface area contributed by atoms with Crippen molar-refractivity contribution in [1.29, 1.82) is 0 Å². The zero-order valence-electron chi connectivity index (χ0n) is 18.9. The Morgan fingerprint density at radius 2 is 1.56 bits per heavy atom. The number of carbonyl (C=O) groups excluding carboxylic acids is 2. The predicted molar refractivity (Wildman–Crippen MR) is 134 cm³/mol. The zero-order valence-corrected chi connectivity index (χ0v) is 20.5. The van der Waals surface area contributed by atoms with Gasteiger partial charge in [0.2, 0.25) is 11.8 Å². The summed E-state index contributed by atoms with van der Waals surface area (Å²) in [5, 5.41) is 2.06. The Labute approximate surface area is 199 Å². The molecule has 1 heterocycles. The van der Waals surface area contributed by atoms with Gasteiger partial charge in [0.15, 0.2) is 0 Å². The van der Waals surface area contributed by atoms with E-state index in [9.17, 15) is 9.59 Å². The van der Waals surface area contributed by atoms with Crippen LogP contribution in [0, 0.1) is 6.92 Å². The van der Waals surface area contributed by atoms with Gasteiger partial charge in [-0.2, -0.15) is 0 Å². The second-order valence-electron chi connectivity index (χ2n) is 7.98. The van der Waals surface area contributed by atoms with Crippen LogP contribution in [0.25, 0.3) is 0 Å². The molecule has 0 spiro atoms. The van der Waals surface area contributed by atoms with E-state index >= 15 is 0 Å². The third kappa shape index (κ3) is 6.97. The summed E-state index contributed by atoms with van der Waals surface area (Å²) in [6.45, 7) is 7.16. The van der Waals surface area contributed by atoms with E-state index in [0.29, 0.717) is 18.8 Å². The summed E-state index contributed by atoms with van der Waals surface area (Å²) in [4.78, 5) is 32.2. The van der Waals surface area contributed by atoms with Gasteiger partial charge in [-0.05, 0) is 55.5 Å².